The first kappa shape index (κ1) is 8.25. The van der Waals surface area contributed by atoms with E-state index in [0.717, 1.165) is 5.82 Å². The summed E-state index contributed by atoms with van der Waals surface area (Å²) >= 11 is 0. The van der Waals surface area contributed by atoms with E-state index >= 15 is 0 Å². The number of carbonyl (C=O) groups excluding carboxylic acids is 1. The Hall–Kier alpha value is -1.36. The molecular weight excluding hydrogens is 170 g/mol. The summed E-state index contributed by atoms with van der Waals surface area (Å²) in [6, 6.07) is 1.77. The molecule has 1 aliphatic rings. The maximum Gasteiger partial charge on any atom is 0.256 e. The largest absolute Gasteiger partial charge is 0.384 e. The lowest BCUT2D eigenvalue weighted by Gasteiger charge is -2.15. The molecule has 2 heterocycles. The van der Waals surface area contributed by atoms with Crippen molar-refractivity contribution in [2.24, 2.45) is 0 Å². The summed E-state index contributed by atoms with van der Waals surface area (Å²) in [6.07, 6.45) is 0.707. The van der Waals surface area contributed by atoms with Crippen LogP contribution in [0.3, 0.4) is 0 Å². The Kier molecular flexibility index (Phi) is 1.81. The highest BCUT2D eigenvalue weighted by atomic mass is 16.3. The van der Waals surface area contributed by atoms with Crippen LogP contribution in [0.25, 0.3) is 0 Å². The van der Waals surface area contributed by atoms with Gasteiger partial charge in [-0.15, -0.1) is 0 Å². The molecule has 0 bridgehead atoms. The first-order valence-electron chi connectivity index (χ1n) is 4.21. The van der Waals surface area contributed by atoms with Gasteiger partial charge in [0, 0.05) is 12.6 Å². The molecule has 0 unspecified atom stereocenters. The van der Waals surface area contributed by atoms with E-state index in [1.54, 1.807) is 21.8 Å². The molecule has 5 nitrogen and oxygen atoms in total. The predicted molar refractivity (Wildman–Crippen MR) is 46.3 cm³/mol. The Labute approximate surface area is 75.6 Å². The SMILES string of the molecule is C[C@H](O)C(=O)N1CCn2nccc21. The zero-order chi connectivity index (χ0) is 9.42. The Morgan fingerprint density at radius 3 is 3.15 bits per heavy atom. The summed E-state index contributed by atoms with van der Waals surface area (Å²) in [5, 5.41) is 13.2. The van der Waals surface area contributed by atoms with Gasteiger partial charge in [-0.25, -0.2) is 4.68 Å². The second-order valence-electron chi connectivity index (χ2n) is 3.08. The smallest absolute Gasteiger partial charge is 0.256 e. The lowest BCUT2D eigenvalue weighted by molar-refractivity contribution is -0.125. The number of anilines is 1. The number of hydrogen-bond acceptors (Lipinski definition) is 3. The Balaban J connectivity index is 2.25. The molecule has 5 heteroatoms. The first-order chi connectivity index (χ1) is 6.20. The van der Waals surface area contributed by atoms with Crippen LogP contribution in [0.2, 0.25) is 0 Å². The van der Waals surface area contributed by atoms with Gasteiger partial charge in [-0.3, -0.25) is 9.69 Å². The Morgan fingerprint density at radius 2 is 2.46 bits per heavy atom. The highest BCUT2D eigenvalue weighted by molar-refractivity contribution is 5.95. The molecule has 0 radical (unpaired) electrons. The molecule has 0 aromatic carbocycles. The minimum Gasteiger partial charge on any atom is -0.384 e. The van der Waals surface area contributed by atoms with Gasteiger partial charge in [0.25, 0.3) is 5.91 Å². The van der Waals surface area contributed by atoms with Gasteiger partial charge in [-0.1, -0.05) is 0 Å². The summed E-state index contributed by atoms with van der Waals surface area (Å²) in [5.74, 6) is 0.505. The van der Waals surface area contributed by atoms with Crippen LogP contribution in [-0.4, -0.2) is 33.4 Å². The minimum atomic E-state index is -0.943. The molecule has 2 rings (SSSR count). The quantitative estimate of drug-likeness (QED) is 0.642. The van der Waals surface area contributed by atoms with Crippen molar-refractivity contribution in [3.05, 3.63) is 12.3 Å². The predicted octanol–water partition coefficient (Wildman–Crippen LogP) is -0.390. The molecular formula is C8H11N3O2. The standard InChI is InChI=1S/C8H11N3O2/c1-6(12)8(13)10-4-5-11-7(10)2-3-9-11/h2-3,6,12H,4-5H2,1H3/t6-/m0/s1. The van der Waals surface area contributed by atoms with Crippen LogP contribution in [0.15, 0.2) is 12.3 Å². The molecule has 1 atom stereocenters. The van der Waals surface area contributed by atoms with Crippen LogP contribution in [-0.2, 0) is 11.3 Å². The number of hydrogen-bond donors (Lipinski definition) is 1. The van der Waals surface area contributed by atoms with Gasteiger partial charge < -0.3 is 5.11 Å². The first-order valence-corrected chi connectivity index (χ1v) is 4.21. The number of amides is 1. The van der Waals surface area contributed by atoms with Crippen LogP contribution >= 0.6 is 0 Å². The van der Waals surface area contributed by atoms with Crippen molar-refractivity contribution in [3.8, 4) is 0 Å². The Morgan fingerprint density at radius 1 is 1.69 bits per heavy atom. The second kappa shape index (κ2) is 2.85. The molecule has 70 valence electrons. The number of carbonyl (C=O) groups is 1. The van der Waals surface area contributed by atoms with Crippen LogP contribution < -0.4 is 4.90 Å². The van der Waals surface area contributed by atoms with Crippen molar-refractivity contribution in [1.29, 1.82) is 0 Å². The van der Waals surface area contributed by atoms with E-state index in [9.17, 15) is 4.79 Å². The van der Waals surface area contributed by atoms with Gasteiger partial charge in [-0.05, 0) is 6.92 Å². The van der Waals surface area contributed by atoms with E-state index in [0.29, 0.717) is 13.1 Å². The normalized spacial score (nSPS) is 17.2. The maximum absolute atomic E-state index is 11.4. The second-order valence-corrected chi connectivity index (χ2v) is 3.08. The monoisotopic (exact) mass is 181 g/mol. The molecule has 0 fully saturated rings. The van der Waals surface area contributed by atoms with E-state index in [1.807, 2.05) is 0 Å². The summed E-state index contributed by atoms with van der Waals surface area (Å²) < 4.78 is 1.75. The number of fused-ring (bicyclic) bond motifs is 1. The fourth-order valence-electron chi connectivity index (χ4n) is 1.49. The average molecular weight is 181 g/mol. The van der Waals surface area contributed by atoms with E-state index in [1.165, 1.54) is 6.92 Å². The number of aromatic nitrogens is 2. The van der Waals surface area contributed by atoms with Crippen molar-refractivity contribution in [2.45, 2.75) is 19.6 Å². The Bertz CT molecular complexity index is 332. The molecule has 0 spiro atoms. The summed E-state index contributed by atoms with van der Waals surface area (Å²) in [4.78, 5) is 13.0. The van der Waals surface area contributed by atoms with E-state index in [-0.39, 0.29) is 5.91 Å². The zero-order valence-electron chi connectivity index (χ0n) is 7.34. The third-order valence-corrected chi connectivity index (χ3v) is 2.13. The third kappa shape index (κ3) is 1.21. The highest BCUT2D eigenvalue weighted by Crippen LogP contribution is 2.20. The van der Waals surface area contributed by atoms with Gasteiger partial charge in [-0.2, -0.15) is 5.10 Å². The molecule has 1 amide bonds. The third-order valence-electron chi connectivity index (χ3n) is 2.13. The van der Waals surface area contributed by atoms with Crippen molar-refractivity contribution in [1.82, 2.24) is 9.78 Å². The average Bonchev–Trinajstić information content (AvgIpc) is 2.61. The van der Waals surface area contributed by atoms with Crippen LogP contribution in [0.5, 0.6) is 0 Å². The summed E-state index contributed by atoms with van der Waals surface area (Å²) in [7, 11) is 0. The fourth-order valence-corrected chi connectivity index (χ4v) is 1.49. The van der Waals surface area contributed by atoms with Crippen LogP contribution in [0.1, 0.15) is 6.92 Å². The lowest BCUT2D eigenvalue weighted by Crippen LogP contribution is -2.36. The molecule has 0 saturated heterocycles. The molecule has 0 saturated carbocycles. The molecule has 1 aromatic rings. The summed E-state index contributed by atoms with van der Waals surface area (Å²) in [5.41, 5.74) is 0. The zero-order valence-corrected chi connectivity index (χ0v) is 7.34. The van der Waals surface area contributed by atoms with Gasteiger partial charge in [0.1, 0.15) is 11.9 Å². The fraction of sp³-hybridized carbons (Fsp3) is 0.500. The van der Waals surface area contributed by atoms with Crippen molar-refractivity contribution >= 4 is 11.7 Å². The minimum absolute atomic E-state index is 0.265. The topological polar surface area (TPSA) is 58.4 Å². The molecule has 0 aliphatic carbocycles. The van der Waals surface area contributed by atoms with E-state index < -0.39 is 6.10 Å². The van der Waals surface area contributed by atoms with Crippen molar-refractivity contribution in [3.63, 3.8) is 0 Å². The number of nitrogens with zero attached hydrogens (tertiary/aromatic N) is 3. The molecule has 1 aliphatic heterocycles. The van der Waals surface area contributed by atoms with Gasteiger partial charge in [0.15, 0.2) is 0 Å². The number of rotatable bonds is 1. The van der Waals surface area contributed by atoms with Crippen molar-refractivity contribution in [2.75, 3.05) is 11.4 Å². The summed E-state index contributed by atoms with van der Waals surface area (Å²) in [6.45, 7) is 2.79. The highest BCUT2D eigenvalue weighted by Gasteiger charge is 2.27. The van der Waals surface area contributed by atoms with Gasteiger partial charge in [0.2, 0.25) is 0 Å². The lowest BCUT2D eigenvalue weighted by atomic mass is 10.3. The number of aliphatic hydroxyl groups is 1. The van der Waals surface area contributed by atoms with E-state index in [4.69, 9.17) is 5.11 Å². The van der Waals surface area contributed by atoms with Crippen LogP contribution in [0.4, 0.5) is 5.82 Å². The molecule has 1 N–H and O–H groups in total. The van der Waals surface area contributed by atoms with Crippen LogP contribution in [0, 0.1) is 0 Å². The van der Waals surface area contributed by atoms with Crippen molar-refractivity contribution < 1.29 is 9.90 Å². The number of aliphatic hydroxyl groups excluding tert-OH is 1. The van der Waals surface area contributed by atoms with E-state index in [2.05, 4.69) is 5.10 Å². The van der Waals surface area contributed by atoms with Gasteiger partial charge >= 0.3 is 0 Å². The maximum atomic E-state index is 11.4. The molecule has 1 aromatic heterocycles. The van der Waals surface area contributed by atoms with Gasteiger partial charge in [0.05, 0.1) is 12.7 Å². The molecule has 13 heavy (non-hydrogen) atoms.